The second kappa shape index (κ2) is 14.5. The van der Waals surface area contributed by atoms with Gasteiger partial charge in [-0.3, -0.25) is 0 Å². The van der Waals surface area contributed by atoms with Crippen LogP contribution >= 0.6 is 0 Å². The summed E-state index contributed by atoms with van der Waals surface area (Å²) in [6.45, 7) is 0. The fourth-order valence-corrected chi connectivity index (χ4v) is 0.507. The summed E-state index contributed by atoms with van der Waals surface area (Å²) < 4.78 is 0. The van der Waals surface area contributed by atoms with Crippen molar-refractivity contribution in [2.75, 3.05) is 0 Å². The van der Waals surface area contributed by atoms with Gasteiger partial charge in [-0.2, -0.15) is 18.2 Å². The third-order valence-electron chi connectivity index (χ3n) is 0.917. The van der Waals surface area contributed by atoms with E-state index in [2.05, 4.69) is 16.3 Å². The first-order chi connectivity index (χ1) is 5.00. The molecule has 1 heterocycles. The number of imidazole rings is 1. The molecule has 68 valence electrons. The standard InChI is InChI=1S/C5H5.C3H3N2.2ClH.Zr/c1-2-4-5-3-1;1-2-5-3-4-1;;;/h1-5H;1-2H,(H,4,5);2*1H;/q2*-1;;;+4/p-2. The number of halogens is 2. The molecule has 0 unspecified atom stereocenters. The summed E-state index contributed by atoms with van der Waals surface area (Å²) in [5.41, 5.74) is 0. The Balaban J connectivity index is -0.000000125. The van der Waals surface area contributed by atoms with E-state index in [0.717, 1.165) is 0 Å². The molecule has 0 saturated carbocycles. The van der Waals surface area contributed by atoms with Crippen LogP contribution in [0.1, 0.15) is 0 Å². The maximum absolute atomic E-state index is 3.54. The predicted molar refractivity (Wildman–Crippen MR) is 39.5 cm³/mol. The van der Waals surface area contributed by atoms with Gasteiger partial charge in [0, 0.05) is 0 Å². The molecule has 13 heavy (non-hydrogen) atoms. The van der Waals surface area contributed by atoms with Gasteiger partial charge in [-0.05, 0) is 6.33 Å². The number of nitrogens with one attached hydrogen (secondary N) is 1. The molecule has 0 amide bonds. The van der Waals surface area contributed by atoms with E-state index in [1.165, 1.54) is 0 Å². The first kappa shape index (κ1) is 18.7. The van der Waals surface area contributed by atoms with Crippen LogP contribution < -0.4 is 24.8 Å². The normalized spacial score (nSPS) is 6.15. The van der Waals surface area contributed by atoms with Crippen molar-refractivity contribution < 1.29 is 51.0 Å². The second-order valence-corrected chi connectivity index (χ2v) is 1.66. The Morgan fingerprint density at radius 3 is 1.92 bits per heavy atom. The average Bonchev–Trinajstić information content (AvgIpc) is 2.67. The first-order valence-corrected chi connectivity index (χ1v) is 3.02. The Morgan fingerprint density at radius 1 is 1.15 bits per heavy atom. The Labute approximate surface area is 109 Å². The summed E-state index contributed by atoms with van der Waals surface area (Å²) in [5.74, 6) is 0. The van der Waals surface area contributed by atoms with Gasteiger partial charge in [0.05, 0.1) is 0 Å². The summed E-state index contributed by atoms with van der Waals surface area (Å²) in [4.78, 5) is 6.17. The molecule has 0 aliphatic rings. The Hall–Kier alpha value is 0.0231. The number of nitrogens with zero attached hydrogens (tertiary/aromatic N) is 1. The molecule has 0 bridgehead atoms. The van der Waals surface area contributed by atoms with Gasteiger partial charge >= 0.3 is 26.2 Å². The number of rotatable bonds is 0. The van der Waals surface area contributed by atoms with E-state index >= 15 is 0 Å². The molecule has 1 aromatic heterocycles. The summed E-state index contributed by atoms with van der Waals surface area (Å²) in [5, 5.41) is 0. The molecule has 0 atom stereocenters. The van der Waals surface area contributed by atoms with E-state index in [1.54, 1.807) is 12.4 Å². The van der Waals surface area contributed by atoms with Crippen LogP contribution in [-0.4, -0.2) is 9.97 Å². The smallest absolute Gasteiger partial charge is 1.00 e. The van der Waals surface area contributed by atoms with Crippen molar-refractivity contribution in [1.82, 2.24) is 9.97 Å². The Bertz CT molecular complexity index is 159. The molecular formula is C8H8Cl2N2Zr. The molecule has 2 rings (SSSR count). The number of H-pyrrole nitrogens is 1. The summed E-state index contributed by atoms with van der Waals surface area (Å²) >= 11 is 0. The molecule has 0 spiro atoms. The van der Waals surface area contributed by atoms with Gasteiger partial charge < -0.3 is 34.8 Å². The van der Waals surface area contributed by atoms with Crippen molar-refractivity contribution in [3.63, 3.8) is 0 Å². The van der Waals surface area contributed by atoms with Gasteiger partial charge in [0.25, 0.3) is 0 Å². The van der Waals surface area contributed by atoms with E-state index in [0.29, 0.717) is 0 Å². The SMILES string of the molecule is [Cl-].[Cl-].[Zr+4].[c-]1ncc[nH]1.c1cc[cH-]c1. The summed E-state index contributed by atoms with van der Waals surface area (Å²) in [6.07, 6.45) is 5.83. The van der Waals surface area contributed by atoms with Gasteiger partial charge in [0.15, 0.2) is 0 Å². The quantitative estimate of drug-likeness (QED) is 0.489. The van der Waals surface area contributed by atoms with Crippen molar-refractivity contribution in [2.24, 2.45) is 0 Å². The molecule has 0 aliphatic carbocycles. The monoisotopic (exact) mass is 292 g/mol. The average molecular weight is 294 g/mol. The first-order valence-electron chi connectivity index (χ1n) is 3.02. The van der Waals surface area contributed by atoms with Crippen LogP contribution in [0.15, 0.2) is 42.7 Å². The molecule has 0 fully saturated rings. The predicted octanol–water partition coefficient (Wildman–Crippen LogP) is -4.38. The Morgan fingerprint density at radius 2 is 1.77 bits per heavy atom. The summed E-state index contributed by atoms with van der Waals surface area (Å²) in [6, 6.07) is 10.0. The fraction of sp³-hybridized carbons (Fsp3) is 0. The van der Waals surface area contributed by atoms with Crippen LogP contribution in [0.2, 0.25) is 0 Å². The summed E-state index contributed by atoms with van der Waals surface area (Å²) in [7, 11) is 0. The minimum absolute atomic E-state index is 0. The maximum Gasteiger partial charge on any atom is 4.00 e. The number of hydrogen-bond donors (Lipinski definition) is 1. The maximum atomic E-state index is 3.54. The molecule has 0 aliphatic heterocycles. The minimum Gasteiger partial charge on any atom is -1.00 e. The largest absolute Gasteiger partial charge is 4.00 e. The molecule has 1 aromatic carbocycles. The molecule has 0 saturated heterocycles. The van der Waals surface area contributed by atoms with Crippen molar-refractivity contribution in [3.8, 4) is 0 Å². The molecular weight excluding hydrogens is 286 g/mol. The van der Waals surface area contributed by atoms with E-state index in [-0.39, 0.29) is 51.0 Å². The molecule has 2 nitrogen and oxygen atoms in total. The van der Waals surface area contributed by atoms with E-state index in [1.807, 2.05) is 30.3 Å². The second-order valence-electron chi connectivity index (χ2n) is 1.66. The van der Waals surface area contributed by atoms with Crippen LogP contribution in [0.3, 0.4) is 0 Å². The van der Waals surface area contributed by atoms with Crippen LogP contribution in [0.5, 0.6) is 0 Å². The zero-order valence-corrected chi connectivity index (χ0v) is 10.7. The van der Waals surface area contributed by atoms with E-state index in [9.17, 15) is 0 Å². The molecule has 0 radical (unpaired) electrons. The van der Waals surface area contributed by atoms with Crippen LogP contribution in [0.4, 0.5) is 0 Å². The number of aromatic nitrogens is 2. The zero-order valence-electron chi connectivity index (χ0n) is 6.74. The van der Waals surface area contributed by atoms with Gasteiger partial charge in [0.1, 0.15) is 0 Å². The topological polar surface area (TPSA) is 28.7 Å². The Kier molecular flexibility index (Phi) is 21.0. The third kappa shape index (κ3) is 12.0. The van der Waals surface area contributed by atoms with Gasteiger partial charge in [0.2, 0.25) is 0 Å². The van der Waals surface area contributed by atoms with E-state index in [4.69, 9.17) is 0 Å². The fourth-order valence-electron chi connectivity index (χ4n) is 0.507. The van der Waals surface area contributed by atoms with Crippen molar-refractivity contribution >= 4 is 0 Å². The van der Waals surface area contributed by atoms with Gasteiger partial charge in [-0.15, -0.1) is 12.4 Å². The van der Waals surface area contributed by atoms with Crippen LogP contribution in [-0.2, 0) is 26.2 Å². The van der Waals surface area contributed by atoms with Crippen LogP contribution in [0, 0.1) is 6.33 Å². The zero-order chi connectivity index (χ0) is 7.07. The molecule has 1 N–H and O–H groups in total. The third-order valence-corrected chi connectivity index (χ3v) is 0.917. The van der Waals surface area contributed by atoms with Crippen molar-refractivity contribution in [3.05, 3.63) is 49.1 Å². The van der Waals surface area contributed by atoms with Crippen LogP contribution in [0.25, 0.3) is 0 Å². The van der Waals surface area contributed by atoms with Crippen molar-refractivity contribution in [2.45, 2.75) is 0 Å². The molecule has 5 heteroatoms. The molecule has 2 aromatic rings. The van der Waals surface area contributed by atoms with Gasteiger partial charge in [-0.1, -0.05) is 0 Å². The van der Waals surface area contributed by atoms with Crippen molar-refractivity contribution in [1.29, 1.82) is 0 Å². The van der Waals surface area contributed by atoms with E-state index < -0.39 is 0 Å². The number of aromatic amines is 1. The number of hydrogen-bond acceptors (Lipinski definition) is 1. The van der Waals surface area contributed by atoms with Gasteiger partial charge in [-0.25, -0.2) is 12.1 Å². The minimum atomic E-state index is 0.